The molecule has 0 aliphatic heterocycles. The van der Waals surface area contributed by atoms with Gasteiger partial charge < -0.3 is 18.6 Å². The average Bonchev–Trinajstić information content (AvgIpc) is 3.79. The first kappa shape index (κ1) is 30.4. The summed E-state index contributed by atoms with van der Waals surface area (Å²) in [7, 11) is 0. The topological polar surface area (TPSA) is 54.1 Å². The Bertz CT molecular complexity index is 1700. The van der Waals surface area contributed by atoms with Gasteiger partial charge in [0.25, 0.3) is 0 Å². The Kier molecular flexibility index (Phi) is 10.3. The fourth-order valence-corrected chi connectivity index (χ4v) is 4.78. The molecule has 0 unspecified atom stereocenters. The summed E-state index contributed by atoms with van der Waals surface area (Å²) in [5.41, 5.74) is 5.55. The minimum Gasteiger partial charge on any atom is -0.488 e. The van der Waals surface area contributed by atoms with Crippen molar-refractivity contribution >= 4 is 34.6 Å². The highest BCUT2D eigenvalue weighted by molar-refractivity contribution is 6.30. The molecule has 2 heterocycles. The number of hydrogen-bond donors (Lipinski definition) is 0. The van der Waals surface area contributed by atoms with E-state index in [1.54, 1.807) is 25.0 Å². The van der Waals surface area contributed by atoms with Crippen LogP contribution in [0, 0.1) is 0 Å². The zero-order chi connectivity index (χ0) is 30.7. The zero-order valence-corrected chi connectivity index (χ0v) is 25.4. The van der Waals surface area contributed by atoms with Gasteiger partial charge in [0, 0.05) is 46.0 Å². The lowest BCUT2D eigenvalue weighted by atomic mass is 10.1. The number of hydrogen-bond acceptors (Lipinski definition) is 4. The summed E-state index contributed by atoms with van der Waals surface area (Å²) in [6, 6.07) is 30.9. The van der Waals surface area contributed by atoms with Crippen LogP contribution in [0.3, 0.4) is 0 Å². The van der Waals surface area contributed by atoms with Gasteiger partial charge in [-0.05, 0) is 59.7 Å². The monoisotopic (exact) mass is 620 g/mol. The Hall–Kier alpha value is -5.04. The first-order chi connectivity index (χ1) is 21.5. The van der Waals surface area contributed by atoms with Crippen molar-refractivity contribution in [2.24, 2.45) is 0 Å². The van der Waals surface area contributed by atoms with Crippen molar-refractivity contribution in [3.05, 3.63) is 180 Å². The summed E-state index contributed by atoms with van der Waals surface area (Å²) < 4.78 is 15.6. The standard InChI is InChI=1S/2C18H15ClN2O/c2*1-14(21-10-9-20-13-21)17-7-2-3-8-18(17)22-12-15-5-4-6-16(19)11-15/h2*2-11,13H,1,12H2. The fraction of sp³-hybridized carbons (Fsp3) is 0.0556. The van der Waals surface area contributed by atoms with Crippen LogP contribution in [-0.2, 0) is 13.2 Å². The number of para-hydroxylation sites is 2. The molecule has 0 atom stereocenters. The molecule has 0 aliphatic carbocycles. The van der Waals surface area contributed by atoms with Gasteiger partial charge >= 0.3 is 0 Å². The molecule has 0 radical (unpaired) electrons. The van der Waals surface area contributed by atoms with Gasteiger partial charge in [0.05, 0.1) is 24.0 Å². The summed E-state index contributed by atoms with van der Waals surface area (Å²) in [4.78, 5) is 8.10. The number of ether oxygens (including phenoxy) is 2. The smallest absolute Gasteiger partial charge is 0.129 e. The fourth-order valence-electron chi connectivity index (χ4n) is 4.35. The van der Waals surface area contributed by atoms with E-state index in [2.05, 4.69) is 23.1 Å². The molecule has 2 aromatic heterocycles. The Morgan fingerprint density at radius 3 is 1.41 bits per heavy atom. The number of imidazole rings is 2. The summed E-state index contributed by atoms with van der Waals surface area (Å²) in [6.45, 7) is 9.14. The summed E-state index contributed by atoms with van der Waals surface area (Å²) >= 11 is 12.0. The van der Waals surface area contributed by atoms with Crippen LogP contribution in [0.4, 0.5) is 0 Å². The molecule has 0 N–H and O–H groups in total. The van der Waals surface area contributed by atoms with Crippen LogP contribution in [0.25, 0.3) is 11.4 Å². The van der Waals surface area contributed by atoms with Gasteiger partial charge in [0.1, 0.15) is 24.7 Å². The average molecular weight is 622 g/mol. The molecule has 6 nitrogen and oxygen atoms in total. The van der Waals surface area contributed by atoms with E-state index in [0.717, 1.165) is 45.1 Å². The molecule has 8 heteroatoms. The maximum absolute atomic E-state index is 6.00. The number of nitrogens with zero attached hydrogens (tertiary/aromatic N) is 4. The third-order valence-electron chi connectivity index (χ3n) is 6.59. The second kappa shape index (κ2) is 14.9. The van der Waals surface area contributed by atoms with Crippen LogP contribution in [0.2, 0.25) is 10.0 Å². The molecule has 0 spiro atoms. The molecular weight excluding hydrogens is 591 g/mol. The van der Waals surface area contributed by atoms with E-state index in [-0.39, 0.29) is 0 Å². The SMILES string of the molecule is C=C(c1ccccc1OCc1cccc(Cl)c1)n1ccnc1.C=C(c1ccccc1OCc1cccc(Cl)c1)n1ccnc1. The second-order valence-corrected chi connectivity index (χ2v) is 10.5. The van der Waals surface area contributed by atoms with Crippen molar-refractivity contribution in [2.45, 2.75) is 13.2 Å². The predicted molar refractivity (Wildman–Crippen MR) is 178 cm³/mol. The van der Waals surface area contributed by atoms with Crippen LogP contribution >= 0.6 is 23.2 Å². The first-order valence-electron chi connectivity index (χ1n) is 13.8. The highest BCUT2D eigenvalue weighted by atomic mass is 35.5. The van der Waals surface area contributed by atoms with Gasteiger partial charge in [-0.2, -0.15) is 0 Å². The number of halogens is 2. The Balaban J connectivity index is 0.000000175. The third-order valence-corrected chi connectivity index (χ3v) is 7.07. The van der Waals surface area contributed by atoms with Crippen LogP contribution in [0.5, 0.6) is 11.5 Å². The van der Waals surface area contributed by atoms with Gasteiger partial charge in [-0.1, -0.05) is 84.9 Å². The van der Waals surface area contributed by atoms with Gasteiger partial charge in [-0.25, -0.2) is 9.97 Å². The quantitative estimate of drug-likeness (QED) is 0.153. The van der Waals surface area contributed by atoms with Gasteiger partial charge in [-0.15, -0.1) is 0 Å². The van der Waals surface area contributed by atoms with E-state index in [1.807, 2.05) is 119 Å². The minimum atomic E-state index is 0.453. The Labute approximate surface area is 267 Å². The molecule has 220 valence electrons. The lowest BCUT2D eigenvalue weighted by molar-refractivity contribution is 0.305. The van der Waals surface area contributed by atoms with Crippen molar-refractivity contribution < 1.29 is 9.47 Å². The maximum atomic E-state index is 6.00. The van der Waals surface area contributed by atoms with Crippen LogP contribution in [0.1, 0.15) is 22.3 Å². The normalized spacial score (nSPS) is 10.4. The lowest BCUT2D eigenvalue weighted by Gasteiger charge is -2.14. The highest BCUT2D eigenvalue weighted by Crippen LogP contribution is 2.28. The molecule has 0 aliphatic rings. The first-order valence-corrected chi connectivity index (χ1v) is 14.5. The Morgan fingerprint density at radius 2 is 1.02 bits per heavy atom. The molecule has 6 aromatic rings. The van der Waals surface area contributed by atoms with Gasteiger partial charge in [0.2, 0.25) is 0 Å². The van der Waals surface area contributed by atoms with Gasteiger partial charge in [0.15, 0.2) is 0 Å². The molecule has 0 bridgehead atoms. The van der Waals surface area contributed by atoms with Crippen molar-refractivity contribution in [3.8, 4) is 11.5 Å². The second-order valence-electron chi connectivity index (χ2n) is 9.66. The van der Waals surface area contributed by atoms with E-state index in [0.29, 0.717) is 23.3 Å². The number of rotatable bonds is 10. The van der Waals surface area contributed by atoms with Crippen LogP contribution in [-0.4, -0.2) is 19.1 Å². The van der Waals surface area contributed by atoms with E-state index in [1.165, 1.54) is 0 Å². The number of benzene rings is 4. The third kappa shape index (κ3) is 8.07. The molecule has 6 rings (SSSR count). The Morgan fingerprint density at radius 1 is 0.591 bits per heavy atom. The van der Waals surface area contributed by atoms with Crippen molar-refractivity contribution in [3.63, 3.8) is 0 Å². The summed E-state index contributed by atoms with van der Waals surface area (Å²) in [5.74, 6) is 1.56. The van der Waals surface area contributed by atoms with Crippen LogP contribution in [0.15, 0.2) is 148 Å². The van der Waals surface area contributed by atoms with E-state index >= 15 is 0 Å². The molecule has 0 fully saturated rings. The molecular formula is C36H30Cl2N4O2. The van der Waals surface area contributed by atoms with E-state index < -0.39 is 0 Å². The molecule has 0 saturated heterocycles. The van der Waals surface area contributed by atoms with E-state index in [4.69, 9.17) is 32.7 Å². The molecule has 0 amide bonds. The molecule has 0 saturated carbocycles. The maximum Gasteiger partial charge on any atom is 0.129 e. The van der Waals surface area contributed by atoms with Gasteiger partial charge in [-0.3, -0.25) is 0 Å². The van der Waals surface area contributed by atoms with E-state index in [9.17, 15) is 0 Å². The van der Waals surface area contributed by atoms with Crippen molar-refractivity contribution in [1.82, 2.24) is 19.1 Å². The van der Waals surface area contributed by atoms with Crippen LogP contribution < -0.4 is 9.47 Å². The summed E-state index contributed by atoms with van der Waals surface area (Å²) in [5, 5.41) is 1.41. The number of aromatic nitrogens is 4. The largest absolute Gasteiger partial charge is 0.488 e. The van der Waals surface area contributed by atoms with Crippen molar-refractivity contribution in [2.75, 3.05) is 0 Å². The summed E-state index contributed by atoms with van der Waals surface area (Å²) in [6.07, 6.45) is 10.6. The zero-order valence-electron chi connectivity index (χ0n) is 23.9. The molecule has 44 heavy (non-hydrogen) atoms. The molecule has 4 aromatic carbocycles. The highest BCUT2D eigenvalue weighted by Gasteiger charge is 2.10. The van der Waals surface area contributed by atoms with Crippen molar-refractivity contribution in [1.29, 1.82) is 0 Å². The minimum absolute atomic E-state index is 0.453. The lowest BCUT2D eigenvalue weighted by Crippen LogP contribution is -2.01. The predicted octanol–water partition coefficient (Wildman–Crippen LogP) is 9.27.